The van der Waals surface area contributed by atoms with Gasteiger partial charge in [0.05, 0.1) is 20.3 Å². The van der Waals surface area contributed by atoms with E-state index in [4.69, 9.17) is 21.1 Å². The highest BCUT2D eigenvalue weighted by Gasteiger charge is 2.51. The maximum atomic E-state index is 13.5. The van der Waals surface area contributed by atoms with Gasteiger partial charge >= 0.3 is 0 Å². The molecule has 1 aliphatic heterocycles. The van der Waals surface area contributed by atoms with Crippen LogP contribution in [-0.4, -0.2) is 67.7 Å². The van der Waals surface area contributed by atoms with Crippen molar-refractivity contribution in [3.05, 3.63) is 58.6 Å². The molecule has 1 saturated heterocycles. The van der Waals surface area contributed by atoms with Gasteiger partial charge in [0.1, 0.15) is 5.92 Å². The van der Waals surface area contributed by atoms with E-state index in [9.17, 15) is 14.4 Å². The Morgan fingerprint density at radius 2 is 1.64 bits per heavy atom. The maximum absolute atomic E-state index is 13.5. The minimum atomic E-state index is -1.16. The van der Waals surface area contributed by atoms with Gasteiger partial charge in [0, 0.05) is 23.7 Å². The van der Waals surface area contributed by atoms with E-state index in [0.29, 0.717) is 40.7 Å². The molecule has 0 aromatic heterocycles. The number of halogens is 1. The third-order valence-electron chi connectivity index (χ3n) is 6.12. The molecule has 0 aliphatic carbocycles. The Kier molecular flexibility index (Phi) is 8.10. The quantitative estimate of drug-likeness (QED) is 0.298. The first-order valence-electron chi connectivity index (χ1n) is 10.9. The molecule has 1 amide bonds. The lowest BCUT2D eigenvalue weighted by Crippen LogP contribution is -2.38. The average Bonchev–Trinajstić information content (AvgIpc) is 3.09. The number of hydrogen-bond donors (Lipinski definition) is 0. The number of ketones is 2. The average molecular weight is 473 g/mol. The van der Waals surface area contributed by atoms with Crippen molar-refractivity contribution >= 4 is 29.1 Å². The van der Waals surface area contributed by atoms with Gasteiger partial charge in [-0.05, 0) is 55.1 Å². The Labute approximate surface area is 199 Å². The van der Waals surface area contributed by atoms with E-state index >= 15 is 0 Å². The minimum Gasteiger partial charge on any atom is -0.493 e. The topological polar surface area (TPSA) is 76.2 Å². The maximum Gasteiger partial charge on any atom is 0.291 e. The molecule has 1 heterocycles. The Bertz CT molecular complexity index is 1020. The zero-order valence-corrected chi connectivity index (χ0v) is 20.1. The van der Waals surface area contributed by atoms with Crippen molar-refractivity contribution in [2.24, 2.45) is 5.92 Å². The van der Waals surface area contributed by atoms with Gasteiger partial charge in [0.15, 0.2) is 17.3 Å². The number of carbonyl (C=O) groups is 3. The van der Waals surface area contributed by atoms with Crippen molar-refractivity contribution in [1.82, 2.24) is 9.80 Å². The number of methoxy groups -OCH3 is 2. The van der Waals surface area contributed by atoms with Gasteiger partial charge in [-0.1, -0.05) is 31.5 Å². The van der Waals surface area contributed by atoms with Gasteiger partial charge in [0.2, 0.25) is 5.78 Å². The largest absolute Gasteiger partial charge is 0.493 e. The molecule has 33 heavy (non-hydrogen) atoms. The van der Waals surface area contributed by atoms with Gasteiger partial charge < -0.3 is 19.3 Å². The van der Waals surface area contributed by atoms with Crippen molar-refractivity contribution in [1.29, 1.82) is 0 Å². The molecule has 2 atom stereocenters. The summed E-state index contributed by atoms with van der Waals surface area (Å²) in [5, 5.41) is 0.484. The monoisotopic (exact) mass is 472 g/mol. The molecule has 0 N–H and O–H groups in total. The normalized spacial score (nSPS) is 18.2. The van der Waals surface area contributed by atoms with Crippen molar-refractivity contribution in [2.75, 3.05) is 40.4 Å². The van der Waals surface area contributed by atoms with E-state index in [1.807, 2.05) is 13.8 Å². The number of benzene rings is 2. The number of likely N-dealkylation sites (N-methyl/N-ethyl adjacent to an activating group) is 1. The number of Topliss-reactive ketones (excluding diaryl/α,β-unsaturated/α-hetero) is 2. The summed E-state index contributed by atoms with van der Waals surface area (Å²) in [5.41, 5.74) is 0.973. The number of carbonyl (C=O) groups excluding carboxylic acids is 3. The number of likely N-dealkylation sites (tertiary alicyclic amines) is 1. The Morgan fingerprint density at radius 1 is 1.00 bits per heavy atom. The van der Waals surface area contributed by atoms with Crippen molar-refractivity contribution < 1.29 is 23.9 Å². The van der Waals surface area contributed by atoms with Gasteiger partial charge in [-0.15, -0.1) is 0 Å². The summed E-state index contributed by atoms with van der Waals surface area (Å²) >= 11 is 5.96. The molecule has 1 fully saturated rings. The second-order valence-corrected chi connectivity index (χ2v) is 8.23. The van der Waals surface area contributed by atoms with Gasteiger partial charge in [-0.25, -0.2) is 0 Å². The van der Waals surface area contributed by atoms with Gasteiger partial charge in [0.25, 0.3) is 5.91 Å². The second kappa shape index (κ2) is 10.8. The third kappa shape index (κ3) is 5.04. The third-order valence-corrected chi connectivity index (χ3v) is 6.37. The molecule has 0 bridgehead atoms. The lowest BCUT2D eigenvalue weighted by Gasteiger charge is -2.30. The molecule has 0 saturated carbocycles. The molecule has 0 radical (unpaired) electrons. The lowest BCUT2D eigenvalue weighted by molar-refractivity contribution is -0.140. The number of ether oxygens (including phenoxy) is 2. The summed E-state index contributed by atoms with van der Waals surface area (Å²) in [7, 11) is 3.05. The SMILES string of the molecule is CCN(CC)CCN1C(=O)C(=O)C(C(=O)c2ccc(Cl)cc2)C1c1ccc(OC)c(OC)c1. The standard InChI is InChI=1S/C25H29ClN2O5/c1-5-27(6-2)13-14-28-22(17-9-12-19(32-3)20(15-17)33-4)21(24(30)25(28)31)23(29)16-7-10-18(26)11-8-16/h7-12,15,21-22H,5-6,13-14H2,1-4H3. The van der Waals surface area contributed by atoms with Crippen LogP contribution in [0.2, 0.25) is 5.02 Å². The van der Waals surface area contributed by atoms with E-state index in [0.717, 1.165) is 13.1 Å². The van der Waals surface area contributed by atoms with Crippen LogP contribution in [-0.2, 0) is 9.59 Å². The molecule has 2 aromatic carbocycles. The summed E-state index contributed by atoms with van der Waals surface area (Å²) in [6, 6.07) is 10.8. The minimum absolute atomic E-state index is 0.329. The Hall–Kier alpha value is -2.90. The first kappa shape index (κ1) is 24.7. The molecule has 176 valence electrons. The fourth-order valence-electron chi connectivity index (χ4n) is 4.22. The van der Waals surface area contributed by atoms with Crippen LogP contribution in [0.3, 0.4) is 0 Å². The molecular formula is C25H29ClN2O5. The summed E-state index contributed by atoms with van der Waals surface area (Å²) in [6.07, 6.45) is 0. The molecule has 3 rings (SSSR count). The number of hydrogen-bond acceptors (Lipinski definition) is 6. The molecule has 2 aromatic rings. The van der Waals surface area contributed by atoms with Crippen molar-refractivity contribution in [3.8, 4) is 11.5 Å². The molecule has 8 heteroatoms. The van der Waals surface area contributed by atoms with Crippen LogP contribution in [0.1, 0.15) is 35.8 Å². The van der Waals surface area contributed by atoms with Crippen LogP contribution < -0.4 is 9.47 Å². The summed E-state index contributed by atoms with van der Waals surface area (Å²) in [5.74, 6) is -1.93. The predicted octanol–water partition coefficient (Wildman–Crippen LogP) is 3.65. The van der Waals surface area contributed by atoms with E-state index in [1.165, 1.54) is 19.1 Å². The highest BCUT2D eigenvalue weighted by atomic mass is 35.5. The van der Waals surface area contributed by atoms with Gasteiger partial charge in [-0.2, -0.15) is 0 Å². The van der Waals surface area contributed by atoms with E-state index in [-0.39, 0.29) is 0 Å². The van der Waals surface area contributed by atoms with Crippen LogP contribution >= 0.6 is 11.6 Å². The Morgan fingerprint density at radius 3 is 2.21 bits per heavy atom. The zero-order valence-electron chi connectivity index (χ0n) is 19.3. The molecule has 0 spiro atoms. The molecular weight excluding hydrogens is 444 g/mol. The van der Waals surface area contributed by atoms with Crippen molar-refractivity contribution in [3.63, 3.8) is 0 Å². The summed E-state index contributed by atoms with van der Waals surface area (Å²) in [6.45, 7) is 6.65. The van der Waals surface area contributed by atoms with Crippen LogP contribution in [0.15, 0.2) is 42.5 Å². The van der Waals surface area contributed by atoms with E-state index in [1.54, 1.807) is 42.5 Å². The highest BCUT2D eigenvalue weighted by molar-refractivity contribution is 6.44. The molecule has 2 unspecified atom stereocenters. The summed E-state index contributed by atoms with van der Waals surface area (Å²) < 4.78 is 10.8. The number of amides is 1. The zero-order chi connectivity index (χ0) is 24.1. The smallest absolute Gasteiger partial charge is 0.291 e. The van der Waals surface area contributed by atoms with E-state index in [2.05, 4.69) is 4.90 Å². The number of rotatable bonds is 10. The fraction of sp³-hybridized carbons (Fsp3) is 0.400. The highest BCUT2D eigenvalue weighted by Crippen LogP contribution is 2.41. The first-order valence-corrected chi connectivity index (χ1v) is 11.3. The van der Waals surface area contributed by atoms with E-state index < -0.39 is 29.4 Å². The molecule has 1 aliphatic rings. The lowest BCUT2D eigenvalue weighted by atomic mass is 9.86. The van der Waals surface area contributed by atoms with Crippen LogP contribution in [0.4, 0.5) is 0 Å². The summed E-state index contributed by atoms with van der Waals surface area (Å²) in [4.78, 5) is 43.4. The van der Waals surface area contributed by atoms with Crippen LogP contribution in [0.5, 0.6) is 11.5 Å². The predicted molar refractivity (Wildman–Crippen MR) is 126 cm³/mol. The molecule has 7 nitrogen and oxygen atoms in total. The fourth-order valence-corrected chi connectivity index (χ4v) is 4.35. The van der Waals surface area contributed by atoms with Gasteiger partial charge in [-0.3, -0.25) is 14.4 Å². The number of nitrogens with zero attached hydrogens (tertiary/aromatic N) is 2. The second-order valence-electron chi connectivity index (χ2n) is 7.80. The van der Waals surface area contributed by atoms with Crippen LogP contribution in [0, 0.1) is 5.92 Å². The Balaban J connectivity index is 2.06. The van der Waals surface area contributed by atoms with Crippen LogP contribution in [0.25, 0.3) is 0 Å². The van der Waals surface area contributed by atoms with Crippen molar-refractivity contribution in [2.45, 2.75) is 19.9 Å². The first-order chi connectivity index (χ1) is 15.9.